The number of rotatable bonds is 6. The maximum atomic E-state index is 10.6. The van der Waals surface area contributed by atoms with Crippen LogP contribution in [0.4, 0.5) is 0 Å². The Morgan fingerprint density at radius 1 is 0.652 bits per heavy atom. The van der Waals surface area contributed by atoms with E-state index in [4.69, 9.17) is 0 Å². The van der Waals surface area contributed by atoms with Gasteiger partial charge in [0.05, 0.1) is 6.10 Å². The van der Waals surface area contributed by atoms with Gasteiger partial charge < -0.3 is 5.11 Å². The summed E-state index contributed by atoms with van der Waals surface area (Å²) in [5.74, 6) is 0. The van der Waals surface area contributed by atoms with Crippen LogP contribution in [0.15, 0.2) is 95.9 Å². The highest BCUT2D eigenvalue weighted by atomic mass is 32.2. The van der Waals surface area contributed by atoms with Crippen molar-refractivity contribution in [1.82, 2.24) is 0 Å². The van der Waals surface area contributed by atoms with Crippen LogP contribution in [-0.4, -0.2) is 5.11 Å². The Labute approximate surface area is 142 Å². The molecule has 2 unspecified atom stereocenters. The molecule has 0 radical (unpaired) electrons. The zero-order chi connectivity index (χ0) is 15.9. The van der Waals surface area contributed by atoms with Crippen molar-refractivity contribution < 1.29 is 5.11 Å². The lowest BCUT2D eigenvalue weighted by atomic mass is 10.0. The van der Waals surface area contributed by atoms with E-state index in [9.17, 15) is 5.11 Å². The molecule has 0 aromatic heterocycles. The molecule has 2 heteroatoms. The third kappa shape index (κ3) is 4.47. The molecule has 3 aromatic carbocycles. The summed E-state index contributed by atoms with van der Waals surface area (Å²) >= 11 is 1.80. The SMILES string of the molecule is OC(CC(Sc1ccccc1)c1ccccc1)c1ccccc1. The van der Waals surface area contributed by atoms with Gasteiger partial charge in [-0.15, -0.1) is 11.8 Å². The van der Waals surface area contributed by atoms with Crippen LogP contribution in [0.5, 0.6) is 0 Å². The number of aliphatic hydroxyl groups excluding tert-OH is 1. The molecule has 23 heavy (non-hydrogen) atoms. The van der Waals surface area contributed by atoms with Crippen LogP contribution in [0.2, 0.25) is 0 Å². The van der Waals surface area contributed by atoms with Crippen molar-refractivity contribution >= 4 is 11.8 Å². The molecule has 116 valence electrons. The van der Waals surface area contributed by atoms with Gasteiger partial charge in [-0.1, -0.05) is 78.9 Å². The van der Waals surface area contributed by atoms with Crippen molar-refractivity contribution in [3.8, 4) is 0 Å². The molecule has 0 saturated heterocycles. The Morgan fingerprint density at radius 3 is 1.70 bits per heavy atom. The Balaban J connectivity index is 1.81. The van der Waals surface area contributed by atoms with Gasteiger partial charge in [0.15, 0.2) is 0 Å². The summed E-state index contributed by atoms with van der Waals surface area (Å²) in [5, 5.41) is 10.8. The maximum absolute atomic E-state index is 10.6. The van der Waals surface area contributed by atoms with Crippen molar-refractivity contribution in [3.05, 3.63) is 102 Å². The highest BCUT2D eigenvalue weighted by Crippen LogP contribution is 2.41. The largest absolute Gasteiger partial charge is 0.388 e. The topological polar surface area (TPSA) is 20.2 Å². The van der Waals surface area contributed by atoms with Gasteiger partial charge in [-0.25, -0.2) is 0 Å². The average molecular weight is 320 g/mol. The molecule has 2 atom stereocenters. The summed E-state index contributed by atoms with van der Waals surface area (Å²) < 4.78 is 0. The Bertz CT molecular complexity index is 698. The molecule has 0 aliphatic carbocycles. The van der Waals surface area contributed by atoms with Crippen molar-refractivity contribution in [2.75, 3.05) is 0 Å². The van der Waals surface area contributed by atoms with Gasteiger partial charge in [0.25, 0.3) is 0 Å². The van der Waals surface area contributed by atoms with E-state index in [1.54, 1.807) is 11.8 Å². The van der Waals surface area contributed by atoms with Crippen LogP contribution in [0, 0.1) is 0 Å². The van der Waals surface area contributed by atoms with Gasteiger partial charge in [0.1, 0.15) is 0 Å². The lowest BCUT2D eigenvalue weighted by Gasteiger charge is -2.21. The summed E-state index contributed by atoms with van der Waals surface area (Å²) in [6.45, 7) is 0. The Hall–Kier alpha value is -2.03. The van der Waals surface area contributed by atoms with E-state index in [0.29, 0.717) is 6.42 Å². The van der Waals surface area contributed by atoms with E-state index in [0.717, 1.165) is 5.56 Å². The average Bonchev–Trinajstić information content (AvgIpc) is 2.63. The lowest BCUT2D eigenvalue weighted by molar-refractivity contribution is 0.167. The summed E-state index contributed by atoms with van der Waals surface area (Å²) in [6, 6.07) is 30.7. The fourth-order valence-corrected chi connectivity index (χ4v) is 3.81. The normalized spacial score (nSPS) is 13.4. The fourth-order valence-electron chi connectivity index (χ4n) is 2.60. The Kier molecular flexibility index (Phi) is 5.51. The molecular formula is C21H20OS. The Morgan fingerprint density at radius 2 is 1.13 bits per heavy atom. The molecule has 3 aromatic rings. The third-order valence-electron chi connectivity index (χ3n) is 3.81. The van der Waals surface area contributed by atoms with Gasteiger partial charge in [0.2, 0.25) is 0 Å². The first-order valence-electron chi connectivity index (χ1n) is 7.82. The molecule has 0 aliphatic rings. The standard InChI is InChI=1S/C21H20OS/c22-20(17-10-4-1-5-11-17)16-21(18-12-6-2-7-13-18)23-19-14-8-3-9-15-19/h1-15,20-22H,16H2. The smallest absolute Gasteiger partial charge is 0.0804 e. The summed E-state index contributed by atoms with van der Waals surface area (Å²) in [5.41, 5.74) is 2.22. The van der Waals surface area contributed by atoms with Crippen molar-refractivity contribution in [2.45, 2.75) is 22.7 Å². The van der Waals surface area contributed by atoms with Crippen molar-refractivity contribution in [2.24, 2.45) is 0 Å². The second-order valence-corrected chi connectivity index (χ2v) is 6.77. The van der Waals surface area contributed by atoms with Gasteiger partial charge >= 0.3 is 0 Å². The second kappa shape index (κ2) is 8.00. The highest BCUT2D eigenvalue weighted by molar-refractivity contribution is 7.99. The minimum atomic E-state index is -0.461. The fraction of sp³-hybridized carbons (Fsp3) is 0.143. The molecule has 0 heterocycles. The molecule has 1 nitrogen and oxygen atoms in total. The summed E-state index contributed by atoms with van der Waals surface area (Å²) in [7, 11) is 0. The minimum Gasteiger partial charge on any atom is -0.388 e. The van der Waals surface area contributed by atoms with E-state index in [1.165, 1.54) is 10.5 Å². The van der Waals surface area contributed by atoms with E-state index in [2.05, 4.69) is 48.5 Å². The second-order valence-electron chi connectivity index (χ2n) is 5.49. The van der Waals surface area contributed by atoms with Crippen LogP contribution >= 0.6 is 11.8 Å². The number of hydrogen-bond donors (Lipinski definition) is 1. The van der Waals surface area contributed by atoms with Crippen LogP contribution < -0.4 is 0 Å². The number of aliphatic hydroxyl groups is 1. The predicted molar refractivity (Wildman–Crippen MR) is 97.5 cm³/mol. The zero-order valence-electron chi connectivity index (χ0n) is 12.9. The first kappa shape index (κ1) is 15.9. The molecule has 1 N–H and O–H groups in total. The number of benzene rings is 3. The molecule has 0 bridgehead atoms. The van der Waals surface area contributed by atoms with Crippen molar-refractivity contribution in [1.29, 1.82) is 0 Å². The third-order valence-corrected chi connectivity index (χ3v) is 5.11. The molecule has 0 aliphatic heterocycles. The van der Waals surface area contributed by atoms with Gasteiger partial charge in [0, 0.05) is 10.1 Å². The van der Waals surface area contributed by atoms with Crippen LogP contribution in [0.25, 0.3) is 0 Å². The van der Waals surface area contributed by atoms with Crippen molar-refractivity contribution in [3.63, 3.8) is 0 Å². The van der Waals surface area contributed by atoms with Crippen LogP contribution in [0.1, 0.15) is 28.9 Å². The van der Waals surface area contributed by atoms with E-state index < -0.39 is 6.10 Å². The predicted octanol–water partition coefficient (Wildman–Crippen LogP) is 5.64. The minimum absolute atomic E-state index is 0.216. The molecule has 0 fully saturated rings. The van der Waals surface area contributed by atoms with Crippen LogP contribution in [0.3, 0.4) is 0 Å². The van der Waals surface area contributed by atoms with Gasteiger partial charge in [-0.3, -0.25) is 0 Å². The van der Waals surface area contributed by atoms with E-state index in [1.807, 2.05) is 42.5 Å². The maximum Gasteiger partial charge on any atom is 0.0804 e. The van der Waals surface area contributed by atoms with E-state index >= 15 is 0 Å². The number of thioether (sulfide) groups is 1. The number of hydrogen-bond acceptors (Lipinski definition) is 2. The summed E-state index contributed by atoms with van der Waals surface area (Å²) in [6.07, 6.45) is 0.228. The van der Waals surface area contributed by atoms with Crippen LogP contribution in [-0.2, 0) is 0 Å². The molecular weight excluding hydrogens is 300 g/mol. The highest BCUT2D eigenvalue weighted by Gasteiger charge is 2.19. The van der Waals surface area contributed by atoms with E-state index in [-0.39, 0.29) is 5.25 Å². The monoisotopic (exact) mass is 320 g/mol. The first-order valence-corrected chi connectivity index (χ1v) is 8.70. The van der Waals surface area contributed by atoms with Gasteiger partial charge in [-0.2, -0.15) is 0 Å². The summed E-state index contributed by atoms with van der Waals surface area (Å²) in [4.78, 5) is 1.22. The molecule has 3 rings (SSSR count). The molecule has 0 spiro atoms. The quantitative estimate of drug-likeness (QED) is 0.593. The first-order chi connectivity index (χ1) is 11.3. The molecule has 0 amide bonds. The molecule has 0 saturated carbocycles. The zero-order valence-corrected chi connectivity index (χ0v) is 13.7. The van der Waals surface area contributed by atoms with Gasteiger partial charge in [-0.05, 0) is 29.7 Å². The lowest BCUT2D eigenvalue weighted by Crippen LogP contribution is -2.04.